The van der Waals surface area contributed by atoms with Crippen LogP contribution in [0.25, 0.3) is 0 Å². The smallest absolute Gasteiger partial charge is 0.322 e. The number of likely N-dealkylation sites (tertiary alicyclic amines) is 1. The Kier molecular flexibility index (Phi) is 3.95. The fourth-order valence-electron chi connectivity index (χ4n) is 2.63. The number of aryl methyl sites for hydroxylation is 1. The minimum absolute atomic E-state index is 0.0383. The molecular formula is C15H18N4O3. The first-order chi connectivity index (χ1) is 10.7. The van der Waals surface area contributed by atoms with Gasteiger partial charge in [-0.25, -0.2) is 9.78 Å². The Morgan fingerprint density at radius 1 is 1.50 bits per heavy atom. The number of nitrogens with zero attached hydrogens (tertiary/aromatic N) is 3. The first kappa shape index (κ1) is 14.4. The van der Waals surface area contributed by atoms with Crippen LogP contribution in [0.4, 0.5) is 10.5 Å². The first-order valence-electron chi connectivity index (χ1n) is 7.18. The van der Waals surface area contributed by atoms with Crippen molar-refractivity contribution in [2.24, 2.45) is 0 Å². The van der Waals surface area contributed by atoms with Crippen molar-refractivity contribution >= 4 is 11.7 Å². The first-order valence-corrected chi connectivity index (χ1v) is 7.18. The number of nitrogens with one attached hydrogen (secondary N) is 1. The van der Waals surface area contributed by atoms with Crippen LogP contribution in [0, 0.1) is 6.92 Å². The number of carbonyl (C=O) groups is 1. The average molecular weight is 302 g/mol. The predicted molar refractivity (Wildman–Crippen MR) is 79.7 cm³/mol. The molecule has 116 valence electrons. The summed E-state index contributed by atoms with van der Waals surface area (Å²) in [6.45, 7) is 2.55. The van der Waals surface area contributed by atoms with Crippen LogP contribution in [0.2, 0.25) is 0 Å². The number of methoxy groups -OCH3 is 1. The third-order valence-corrected chi connectivity index (χ3v) is 3.70. The van der Waals surface area contributed by atoms with Crippen LogP contribution in [0.3, 0.4) is 0 Å². The Labute approximate surface area is 128 Å². The topological polar surface area (TPSA) is 80.5 Å². The number of hydrogen-bond donors (Lipinski definition) is 1. The summed E-state index contributed by atoms with van der Waals surface area (Å²) in [5, 5.41) is 6.89. The van der Waals surface area contributed by atoms with Crippen molar-refractivity contribution in [1.82, 2.24) is 15.0 Å². The molecule has 3 heterocycles. The number of anilines is 1. The molecule has 0 bridgehead atoms. The van der Waals surface area contributed by atoms with Gasteiger partial charge in [0.2, 0.25) is 5.88 Å². The maximum Gasteiger partial charge on any atom is 0.322 e. The van der Waals surface area contributed by atoms with Gasteiger partial charge < -0.3 is 19.5 Å². The number of carbonyl (C=O) groups excluding carboxylic acids is 1. The second-order valence-electron chi connectivity index (χ2n) is 5.23. The molecule has 0 radical (unpaired) electrons. The number of rotatable bonds is 3. The Morgan fingerprint density at radius 3 is 3.00 bits per heavy atom. The van der Waals surface area contributed by atoms with Gasteiger partial charge in [0.1, 0.15) is 11.5 Å². The molecule has 0 aliphatic carbocycles. The average Bonchev–Trinajstić information content (AvgIpc) is 3.16. The molecule has 0 spiro atoms. The number of urea groups is 1. The summed E-state index contributed by atoms with van der Waals surface area (Å²) in [6, 6.07) is 5.15. The molecule has 3 rings (SSSR count). The zero-order valence-corrected chi connectivity index (χ0v) is 12.6. The molecule has 2 aromatic heterocycles. The van der Waals surface area contributed by atoms with Crippen LogP contribution in [0.15, 0.2) is 28.9 Å². The molecule has 22 heavy (non-hydrogen) atoms. The molecule has 1 aliphatic heterocycles. The van der Waals surface area contributed by atoms with E-state index in [1.165, 1.54) is 0 Å². The van der Waals surface area contributed by atoms with E-state index in [0.29, 0.717) is 18.1 Å². The zero-order chi connectivity index (χ0) is 15.5. The van der Waals surface area contributed by atoms with Gasteiger partial charge >= 0.3 is 6.03 Å². The fraction of sp³-hybridized carbons (Fsp3) is 0.400. The van der Waals surface area contributed by atoms with E-state index in [0.717, 1.165) is 24.3 Å². The molecule has 2 aromatic rings. The lowest BCUT2D eigenvalue weighted by atomic mass is 10.1. The molecule has 7 heteroatoms. The third-order valence-electron chi connectivity index (χ3n) is 3.70. The van der Waals surface area contributed by atoms with Gasteiger partial charge in [0.15, 0.2) is 0 Å². The second kappa shape index (κ2) is 6.05. The predicted octanol–water partition coefficient (Wildman–Crippen LogP) is 2.76. The van der Waals surface area contributed by atoms with E-state index in [4.69, 9.17) is 9.26 Å². The zero-order valence-electron chi connectivity index (χ0n) is 12.6. The van der Waals surface area contributed by atoms with Crippen LogP contribution in [0.1, 0.15) is 30.3 Å². The summed E-state index contributed by atoms with van der Waals surface area (Å²) < 4.78 is 10.1. The molecule has 7 nitrogen and oxygen atoms in total. The van der Waals surface area contributed by atoms with E-state index in [2.05, 4.69) is 15.5 Å². The van der Waals surface area contributed by atoms with Crippen molar-refractivity contribution in [3.05, 3.63) is 35.9 Å². The Balaban J connectivity index is 1.70. The van der Waals surface area contributed by atoms with E-state index >= 15 is 0 Å². The van der Waals surface area contributed by atoms with Gasteiger partial charge in [-0.1, -0.05) is 5.16 Å². The van der Waals surface area contributed by atoms with Crippen molar-refractivity contribution in [2.75, 3.05) is 19.0 Å². The number of ether oxygens (including phenoxy) is 1. The van der Waals surface area contributed by atoms with E-state index < -0.39 is 0 Å². The Morgan fingerprint density at radius 2 is 2.36 bits per heavy atom. The maximum absolute atomic E-state index is 12.5. The third kappa shape index (κ3) is 2.88. The molecular weight excluding hydrogens is 284 g/mol. The normalized spacial score (nSPS) is 17.5. The van der Waals surface area contributed by atoms with Gasteiger partial charge in [-0.05, 0) is 25.8 Å². The van der Waals surface area contributed by atoms with E-state index in [-0.39, 0.29) is 12.1 Å². The molecule has 1 aliphatic rings. The number of amides is 2. The molecule has 1 unspecified atom stereocenters. The lowest BCUT2D eigenvalue weighted by molar-refractivity contribution is 0.204. The molecule has 0 aromatic carbocycles. The number of aromatic nitrogens is 2. The van der Waals surface area contributed by atoms with Crippen LogP contribution < -0.4 is 10.1 Å². The molecule has 1 N–H and O–H groups in total. The second-order valence-corrected chi connectivity index (χ2v) is 5.23. The van der Waals surface area contributed by atoms with Crippen molar-refractivity contribution in [3.8, 4) is 5.88 Å². The van der Waals surface area contributed by atoms with Crippen LogP contribution >= 0.6 is 0 Å². The van der Waals surface area contributed by atoms with E-state index in [1.54, 1.807) is 30.3 Å². The van der Waals surface area contributed by atoms with Gasteiger partial charge in [0, 0.05) is 18.7 Å². The van der Waals surface area contributed by atoms with Gasteiger partial charge in [-0.15, -0.1) is 0 Å². The molecule has 1 atom stereocenters. The highest BCUT2D eigenvalue weighted by Gasteiger charge is 2.32. The van der Waals surface area contributed by atoms with Crippen molar-refractivity contribution in [3.63, 3.8) is 0 Å². The summed E-state index contributed by atoms with van der Waals surface area (Å²) in [6.07, 6.45) is 3.41. The summed E-state index contributed by atoms with van der Waals surface area (Å²) in [5.41, 5.74) is 1.44. The standard InChI is InChI=1S/C15H18N4O3/c1-10-8-12(18-22-10)13-4-3-7-19(13)15(20)17-11-5-6-14(21-2)16-9-11/h5-6,8-9,13H,3-4,7H2,1-2H3,(H,17,20). The van der Waals surface area contributed by atoms with Gasteiger partial charge in [-0.3, -0.25) is 0 Å². The van der Waals surface area contributed by atoms with Crippen LogP contribution in [-0.2, 0) is 0 Å². The molecule has 1 saturated heterocycles. The van der Waals surface area contributed by atoms with E-state index in [9.17, 15) is 4.79 Å². The molecule has 2 amide bonds. The van der Waals surface area contributed by atoms with Gasteiger partial charge in [0.25, 0.3) is 0 Å². The largest absolute Gasteiger partial charge is 0.481 e. The number of hydrogen-bond acceptors (Lipinski definition) is 5. The van der Waals surface area contributed by atoms with Gasteiger partial charge in [0.05, 0.1) is 25.0 Å². The van der Waals surface area contributed by atoms with Crippen molar-refractivity contribution in [2.45, 2.75) is 25.8 Å². The minimum Gasteiger partial charge on any atom is -0.481 e. The molecule has 1 fully saturated rings. The lowest BCUT2D eigenvalue weighted by Crippen LogP contribution is -2.34. The summed E-state index contributed by atoms with van der Waals surface area (Å²) >= 11 is 0. The monoisotopic (exact) mass is 302 g/mol. The highest BCUT2D eigenvalue weighted by atomic mass is 16.5. The maximum atomic E-state index is 12.5. The number of pyridine rings is 1. The highest BCUT2D eigenvalue weighted by Crippen LogP contribution is 2.32. The van der Waals surface area contributed by atoms with Crippen molar-refractivity contribution < 1.29 is 14.1 Å². The van der Waals surface area contributed by atoms with Crippen LogP contribution in [0.5, 0.6) is 5.88 Å². The minimum atomic E-state index is -0.157. The highest BCUT2D eigenvalue weighted by molar-refractivity contribution is 5.89. The van der Waals surface area contributed by atoms with Crippen LogP contribution in [-0.4, -0.2) is 34.7 Å². The summed E-state index contributed by atoms with van der Waals surface area (Å²) in [5.74, 6) is 1.26. The summed E-state index contributed by atoms with van der Waals surface area (Å²) in [7, 11) is 1.55. The summed E-state index contributed by atoms with van der Waals surface area (Å²) in [4.78, 5) is 18.3. The van der Waals surface area contributed by atoms with E-state index in [1.807, 2.05) is 13.0 Å². The van der Waals surface area contributed by atoms with Crippen molar-refractivity contribution in [1.29, 1.82) is 0 Å². The fourth-order valence-corrected chi connectivity index (χ4v) is 2.63. The molecule has 0 saturated carbocycles. The quantitative estimate of drug-likeness (QED) is 0.943. The lowest BCUT2D eigenvalue weighted by Gasteiger charge is -2.23. The van der Waals surface area contributed by atoms with Gasteiger partial charge in [-0.2, -0.15) is 0 Å². The Bertz CT molecular complexity index is 653. The Hall–Kier alpha value is -2.57. The SMILES string of the molecule is COc1ccc(NC(=O)N2CCCC2c2cc(C)on2)cn1.